The Kier molecular flexibility index (Phi) is 3.21. The van der Waals surface area contributed by atoms with Crippen LogP contribution in [0.5, 0.6) is 0 Å². The van der Waals surface area contributed by atoms with Gasteiger partial charge >= 0.3 is 0 Å². The minimum absolute atomic E-state index is 0.0884. The van der Waals surface area contributed by atoms with Crippen molar-refractivity contribution < 1.29 is 9.90 Å². The van der Waals surface area contributed by atoms with Crippen molar-refractivity contribution in [3.8, 4) is 0 Å². The first-order valence-electron chi connectivity index (χ1n) is 6.54. The first-order valence-corrected chi connectivity index (χ1v) is 6.54. The fraction of sp³-hybridized carbons (Fsp3) is 0.923. The third-order valence-corrected chi connectivity index (χ3v) is 4.60. The van der Waals surface area contributed by atoms with Gasteiger partial charge in [-0.15, -0.1) is 0 Å². The van der Waals surface area contributed by atoms with Crippen LogP contribution in [0.15, 0.2) is 0 Å². The maximum absolute atomic E-state index is 11.9. The summed E-state index contributed by atoms with van der Waals surface area (Å²) in [6.07, 6.45) is 0.886. The van der Waals surface area contributed by atoms with Crippen molar-refractivity contribution in [2.75, 3.05) is 13.1 Å². The smallest absolute Gasteiger partial charge is 0.225 e. The Morgan fingerprint density at radius 2 is 2.18 bits per heavy atom. The van der Waals surface area contributed by atoms with Gasteiger partial charge < -0.3 is 15.7 Å². The number of likely N-dealkylation sites (tertiary alicyclic amines) is 1. The van der Waals surface area contributed by atoms with E-state index in [0.29, 0.717) is 24.9 Å². The number of nitrogens with two attached hydrogens (primary N) is 1. The topological polar surface area (TPSA) is 66.6 Å². The Balaban J connectivity index is 2.22. The number of carbonyl (C=O) groups is 1. The molecule has 1 amide bonds. The molecule has 3 N–H and O–H groups in total. The van der Waals surface area contributed by atoms with Crippen LogP contribution in [0, 0.1) is 17.3 Å². The molecule has 1 heterocycles. The Morgan fingerprint density at radius 1 is 1.53 bits per heavy atom. The first kappa shape index (κ1) is 12.8. The van der Waals surface area contributed by atoms with Gasteiger partial charge in [0.2, 0.25) is 5.91 Å². The third-order valence-electron chi connectivity index (χ3n) is 4.60. The maximum Gasteiger partial charge on any atom is 0.225 e. The maximum atomic E-state index is 11.9. The van der Waals surface area contributed by atoms with E-state index < -0.39 is 6.10 Å². The average Bonchev–Trinajstić information content (AvgIpc) is 2.62. The van der Waals surface area contributed by atoms with Gasteiger partial charge in [0.25, 0.3) is 0 Å². The molecule has 98 valence electrons. The molecule has 1 saturated carbocycles. The highest BCUT2D eigenvalue weighted by molar-refractivity contribution is 5.79. The molecule has 4 atom stereocenters. The molecule has 4 heteroatoms. The van der Waals surface area contributed by atoms with Crippen LogP contribution in [-0.2, 0) is 4.79 Å². The molecule has 0 radical (unpaired) electrons. The minimum atomic E-state index is -0.489. The monoisotopic (exact) mass is 240 g/mol. The van der Waals surface area contributed by atoms with Crippen LogP contribution in [0.2, 0.25) is 0 Å². The summed E-state index contributed by atoms with van der Waals surface area (Å²) in [7, 11) is 0. The number of amides is 1. The van der Waals surface area contributed by atoms with E-state index in [9.17, 15) is 9.90 Å². The van der Waals surface area contributed by atoms with Gasteiger partial charge in [-0.1, -0.05) is 20.8 Å². The number of aliphatic hydroxyl groups excluding tert-OH is 1. The van der Waals surface area contributed by atoms with Crippen LogP contribution in [0.4, 0.5) is 0 Å². The molecule has 2 aliphatic rings. The number of β-amino-alcohol motifs (C(OH)–C–C–N with tert-alkyl or cyclic N) is 1. The average molecular weight is 240 g/mol. The van der Waals surface area contributed by atoms with Crippen LogP contribution in [0.3, 0.4) is 0 Å². The summed E-state index contributed by atoms with van der Waals surface area (Å²) in [5.41, 5.74) is 6.10. The van der Waals surface area contributed by atoms with E-state index >= 15 is 0 Å². The highest BCUT2D eigenvalue weighted by atomic mass is 16.3. The first-order chi connectivity index (χ1) is 7.86. The molecule has 0 aromatic heterocycles. The standard InChI is InChI=1S/C13H24N2O2/c1-8-5-13(2,3)10(6-14)12(8)15-7-9(16)4-11(15)17/h8-10,12,16H,4-7,14H2,1-3H3. The van der Waals surface area contributed by atoms with Gasteiger partial charge in [0.1, 0.15) is 0 Å². The van der Waals surface area contributed by atoms with Gasteiger partial charge in [0, 0.05) is 12.6 Å². The number of nitrogens with zero attached hydrogens (tertiary/aromatic N) is 1. The lowest BCUT2D eigenvalue weighted by atomic mass is 9.80. The summed E-state index contributed by atoms with van der Waals surface area (Å²) in [5.74, 6) is 0.894. The minimum Gasteiger partial charge on any atom is -0.391 e. The second kappa shape index (κ2) is 4.25. The Labute approximate surface area is 103 Å². The quantitative estimate of drug-likeness (QED) is 0.742. The zero-order chi connectivity index (χ0) is 12.8. The van der Waals surface area contributed by atoms with Gasteiger partial charge in [0.15, 0.2) is 0 Å². The fourth-order valence-corrected chi connectivity index (χ4v) is 3.94. The van der Waals surface area contributed by atoms with Crippen molar-refractivity contribution in [3.63, 3.8) is 0 Å². The van der Waals surface area contributed by atoms with E-state index in [1.165, 1.54) is 0 Å². The Bertz CT molecular complexity index is 317. The van der Waals surface area contributed by atoms with Crippen molar-refractivity contribution in [3.05, 3.63) is 0 Å². The van der Waals surface area contributed by atoms with Crippen molar-refractivity contribution in [2.45, 2.75) is 45.8 Å². The summed E-state index contributed by atoms with van der Waals surface area (Å²) < 4.78 is 0. The molecule has 4 nitrogen and oxygen atoms in total. The van der Waals surface area contributed by atoms with Gasteiger partial charge in [-0.2, -0.15) is 0 Å². The lowest BCUT2D eigenvalue weighted by Crippen LogP contribution is -2.46. The lowest BCUT2D eigenvalue weighted by molar-refractivity contribution is -0.131. The molecule has 2 fully saturated rings. The van der Waals surface area contributed by atoms with Gasteiger partial charge in [-0.25, -0.2) is 0 Å². The fourth-order valence-electron chi connectivity index (χ4n) is 3.94. The molecule has 1 saturated heterocycles. The summed E-state index contributed by atoms with van der Waals surface area (Å²) in [6, 6.07) is 0.208. The van der Waals surface area contributed by atoms with Crippen molar-refractivity contribution >= 4 is 5.91 Å². The number of hydrogen-bond acceptors (Lipinski definition) is 3. The van der Waals surface area contributed by atoms with Crippen LogP contribution in [0.1, 0.15) is 33.6 Å². The molecule has 1 aliphatic heterocycles. The van der Waals surface area contributed by atoms with Gasteiger partial charge in [-0.3, -0.25) is 4.79 Å². The zero-order valence-electron chi connectivity index (χ0n) is 11.0. The van der Waals surface area contributed by atoms with Crippen LogP contribution >= 0.6 is 0 Å². The highest BCUT2D eigenvalue weighted by Crippen LogP contribution is 2.48. The molecular weight excluding hydrogens is 216 g/mol. The van der Waals surface area contributed by atoms with Crippen molar-refractivity contribution in [2.24, 2.45) is 23.0 Å². The second-order valence-corrected chi connectivity index (χ2v) is 6.41. The van der Waals surface area contributed by atoms with Crippen LogP contribution in [0.25, 0.3) is 0 Å². The molecule has 2 rings (SSSR count). The van der Waals surface area contributed by atoms with Crippen molar-refractivity contribution in [1.82, 2.24) is 4.90 Å². The van der Waals surface area contributed by atoms with E-state index in [0.717, 1.165) is 6.42 Å². The molecule has 0 bridgehead atoms. The Morgan fingerprint density at radius 3 is 2.65 bits per heavy atom. The third kappa shape index (κ3) is 2.08. The molecule has 0 aromatic rings. The number of rotatable bonds is 2. The van der Waals surface area contributed by atoms with E-state index in [-0.39, 0.29) is 23.8 Å². The Hall–Kier alpha value is -0.610. The van der Waals surface area contributed by atoms with E-state index in [1.54, 1.807) is 0 Å². The van der Waals surface area contributed by atoms with Crippen LogP contribution in [-0.4, -0.2) is 41.1 Å². The summed E-state index contributed by atoms with van der Waals surface area (Å²) in [5, 5.41) is 9.61. The highest BCUT2D eigenvalue weighted by Gasteiger charge is 2.50. The summed E-state index contributed by atoms with van der Waals surface area (Å²) in [4.78, 5) is 13.8. The lowest BCUT2D eigenvalue weighted by Gasteiger charge is -2.35. The predicted octanol–water partition coefficient (Wildman–Crippen LogP) is 0.589. The van der Waals surface area contributed by atoms with Gasteiger partial charge in [0.05, 0.1) is 12.5 Å². The number of carbonyl (C=O) groups excluding carboxylic acids is 1. The van der Waals surface area contributed by atoms with Gasteiger partial charge in [-0.05, 0) is 30.2 Å². The number of aliphatic hydroxyl groups is 1. The zero-order valence-corrected chi connectivity index (χ0v) is 11.0. The molecular formula is C13H24N2O2. The molecule has 0 spiro atoms. The predicted molar refractivity (Wildman–Crippen MR) is 66.2 cm³/mol. The van der Waals surface area contributed by atoms with E-state index in [1.807, 2.05) is 4.90 Å². The molecule has 4 unspecified atom stereocenters. The molecule has 1 aliphatic carbocycles. The number of hydrogen-bond donors (Lipinski definition) is 2. The summed E-state index contributed by atoms with van der Waals surface area (Å²) in [6.45, 7) is 7.76. The van der Waals surface area contributed by atoms with Crippen molar-refractivity contribution in [1.29, 1.82) is 0 Å². The molecule has 17 heavy (non-hydrogen) atoms. The van der Waals surface area contributed by atoms with Crippen LogP contribution < -0.4 is 5.73 Å². The summed E-state index contributed by atoms with van der Waals surface area (Å²) >= 11 is 0. The van der Waals surface area contributed by atoms with E-state index in [2.05, 4.69) is 20.8 Å². The second-order valence-electron chi connectivity index (χ2n) is 6.41. The normalized spacial score (nSPS) is 41.2. The molecule has 0 aromatic carbocycles. The SMILES string of the molecule is CC1CC(C)(C)C(CN)C1N1CC(O)CC1=O. The largest absolute Gasteiger partial charge is 0.391 e. The van der Waals surface area contributed by atoms with E-state index in [4.69, 9.17) is 5.73 Å².